The number of anilines is 1. The summed E-state index contributed by atoms with van der Waals surface area (Å²) in [6.07, 6.45) is 1.69. The Morgan fingerprint density at radius 1 is 1.36 bits per heavy atom. The lowest BCUT2D eigenvalue weighted by Gasteiger charge is -2.10. The van der Waals surface area contributed by atoms with Gasteiger partial charge < -0.3 is 4.74 Å². The van der Waals surface area contributed by atoms with E-state index in [-0.39, 0.29) is 16.3 Å². The zero-order valence-electron chi connectivity index (χ0n) is 12.7. The lowest BCUT2D eigenvalue weighted by Crippen LogP contribution is -2.13. The van der Waals surface area contributed by atoms with Gasteiger partial charge in [0.15, 0.2) is 0 Å². The second kappa shape index (κ2) is 7.92. The molecule has 0 aliphatic heterocycles. The predicted molar refractivity (Wildman–Crippen MR) is 102 cm³/mol. The van der Waals surface area contributed by atoms with Gasteiger partial charge in [0, 0.05) is 16.1 Å². The van der Waals surface area contributed by atoms with Gasteiger partial charge in [-0.2, -0.15) is 0 Å². The summed E-state index contributed by atoms with van der Waals surface area (Å²) in [6, 6.07) is 6.84. The van der Waals surface area contributed by atoms with E-state index in [0.29, 0.717) is 15.3 Å². The fourth-order valence-corrected chi connectivity index (χ4v) is 3.64. The zero-order chi connectivity index (χ0) is 17.8. The predicted octanol–water partition coefficient (Wildman–Crippen LogP) is 4.92. The van der Waals surface area contributed by atoms with Gasteiger partial charge in [0.1, 0.15) is 5.75 Å². The first-order chi connectivity index (χ1) is 12.1. The SMILES string of the molecule is COc1c(Cl)cc(Cl)cc1C(=O)Nc1nnc(N=Cc2cccs2)s1. The molecule has 1 amide bonds. The average Bonchev–Trinajstić information content (AvgIpc) is 3.23. The number of nitrogens with zero attached hydrogens (tertiary/aromatic N) is 3. The van der Waals surface area contributed by atoms with Gasteiger partial charge in [0.05, 0.1) is 17.7 Å². The van der Waals surface area contributed by atoms with Crippen molar-refractivity contribution in [2.45, 2.75) is 0 Å². The molecular formula is C15H10Cl2N4O2S2. The molecule has 25 heavy (non-hydrogen) atoms. The monoisotopic (exact) mass is 412 g/mol. The second-order valence-electron chi connectivity index (χ2n) is 4.59. The molecule has 10 heteroatoms. The van der Waals surface area contributed by atoms with Gasteiger partial charge in [-0.3, -0.25) is 10.1 Å². The quantitative estimate of drug-likeness (QED) is 0.603. The maximum Gasteiger partial charge on any atom is 0.261 e. The van der Waals surface area contributed by atoms with Crippen LogP contribution in [-0.4, -0.2) is 29.4 Å². The first-order valence-corrected chi connectivity index (χ1v) is 9.27. The molecule has 0 fully saturated rings. The van der Waals surface area contributed by atoms with Crippen molar-refractivity contribution in [3.63, 3.8) is 0 Å². The Morgan fingerprint density at radius 2 is 2.20 bits per heavy atom. The van der Waals surface area contributed by atoms with Crippen molar-refractivity contribution < 1.29 is 9.53 Å². The Balaban J connectivity index is 1.76. The van der Waals surface area contributed by atoms with E-state index < -0.39 is 5.91 Å². The third-order valence-corrected chi connectivity index (χ3v) is 4.99. The molecular weight excluding hydrogens is 403 g/mol. The third-order valence-electron chi connectivity index (χ3n) is 2.94. The molecule has 1 N–H and O–H groups in total. The molecule has 6 nitrogen and oxygen atoms in total. The molecule has 0 saturated heterocycles. The Morgan fingerprint density at radius 3 is 2.92 bits per heavy atom. The van der Waals surface area contributed by atoms with Crippen LogP contribution in [0.3, 0.4) is 0 Å². The minimum absolute atomic E-state index is 0.207. The molecule has 3 aromatic rings. The van der Waals surface area contributed by atoms with Crippen LogP contribution in [0.2, 0.25) is 10.0 Å². The number of methoxy groups -OCH3 is 1. The summed E-state index contributed by atoms with van der Waals surface area (Å²) in [5.41, 5.74) is 0.207. The number of ether oxygens (including phenoxy) is 1. The minimum Gasteiger partial charge on any atom is -0.494 e. The third kappa shape index (κ3) is 4.35. The van der Waals surface area contributed by atoms with E-state index in [4.69, 9.17) is 27.9 Å². The summed E-state index contributed by atoms with van der Waals surface area (Å²) < 4.78 is 5.17. The van der Waals surface area contributed by atoms with Crippen molar-refractivity contribution in [3.8, 4) is 5.75 Å². The molecule has 0 saturated carbocycles. The second-order valence-corrected chi connectivity index (χ2v) is 7.36. The van der Waals surface area contributed by atoms with Crippen LogP contribution in [0.5, 0.6) is 5.75 Å². The molecule has 0 spiro atoms. The van der Waals surface area contributed by atoms with Crippen molar-refractivity contribution in [1.29, 1.82) is 0 Å². The highest BCUT2D eigenvalue weighted by Crippen LogP contribution is 2.33. The highest BCUT2D eigenvalue weighted by molar-refractivity contribution is 7.19. The number of rotatable bonds is 5. The molecule has 0 bridgehead atoms. The van der Waals surface area contributed by atoms with E-state index in [2.05, 4.69) is 20.5 Å². The lowest BCUT2D eigenvalue weighted by atomic mass is 10.2. The van der Waals surface area contributed by atoms with Crippen molar-refractivity contribution in [3.05, 3.63) is 50.1 Å². The van der Waals surface area contributed by atoms with Crippen molar-refractivity contribution in [2.24, 2.45) is 4.99 Å². The van der Waals surface area contributed by atoms with Crippen LogP contribution < -0.4 is 10.1 Å². The molecule has 0 atom stereocenters. The van der Waals surface area contributed by atoms with Gasteiger partial charge in [-0.15, -0.1) is 21.5 Å². The van der Waals surface area contributed by atoms with Crippen LogP contribution in [0.15, 0.2) is 34.6 Å². The summed E-state index contributed by atoms with van der Waals surface area (Å²) >= 11 is 14.7. The van der Waals surface area contributed by atoms with Crippen LogP contribution in [0.1, 0.15) is 15.2 Å². The first-order valence-electron chi connectivity index (χ1n) is 6.82. The van der Waals surface area contributed by atoms with Crippen molar-refractivity contribution >= 4 is 68.3 Å². The van der Waals surface area contributed by atoms with Crippen LogP contribution >= 0.6 is 45.9 Å². The van der Waals surface area contributed by atoms with E-state index >= 15 is 0 Å². The smallest absolute Gasteiger partial charge is 0.261 e. The van der Waals surface area contributed by atoms with Crippen LogP contribution in [0.4, 0.5) is 10.3 Å². The summed E-state index contributed by atoms with van der Waals surface area (Å²) in [5, 5.41) is 13.7. The number of thiophene rings is 1. The zero-order valence-corrected chi connectivity index (χ0v) is 15.8. The number of hydrogen-bond acceptors (Lipinski definition) is 7. The van der Waals surface area contributed by atoms with Crippen LogP contribution in [0.25, 0.3) is 0 Å². The average molecular weight is 413 g/mol. The molecule has 0 unspecified atom stereocenters. The number of amides is 1. The van der Waals surface area contributed by atoms with E-state index in [1.807, 2.05) is 17.5 Å². The highest BCUT2D eigenvalue weighted by Gasteiger charge is 2.18. The largest absolute Gasteiger partial charge is 0.494 e. The molecule has 1 aromatic carbocycles. The Hall–Kier alpha value is -2.00. The Labute approximate surface area is 161 Å². The summed E-state index contributed by atoms with van der Waals surface area (Å²) in [5.74, 6) is -0.213. The van der Waals surface area contributed by atoms with E-state index in [9.17, 15) is 4.79 Å². The molecule has 128 valence electrons. The van der Waals surface area contributed by atoms with E-state index in [1.165, 1.54) is 19.2 Å². The molecule has 2 heterocycles. The molecule has 0 aliphatic carbocycles. The van der Waals surface area contributed by atoms with Gasteiger partial charge in [0.2, 0.25) is 10.3 Å². The fourth-order valence-electron chi connectivity index (χ4n) is 1.90. The maximum absolute atomic E-state index is 12.4. The van der Waals surface area contributed by atoms with Gasteiger partial charge in [-0.1, -0.05) is 40.6 Å². The molecule has 2 aromatic heterocycles. The highest BCUT2D eigenvalue weighted by atomic mass is 35.5. The van der Waals surface area contributed by atoms with E-state index in [1.54, 1.807) is 17.6 Å². The molecule has 0 radical (unpaired) electrons. The van der Waals surface area contributed by atoms with Gasteiger partial charge in [-0.25, -0.2) is 4.99 Å². The van der Waals surface area contributed by atoms with Gasteiger partial charge in [0.25, 0.3) is 5.91 Å². The number of nitrogens with one attached hydrogen (secondary N) is 1. The normalized spacial score (nSPS) is 11.0. The molecule has 0 aliphatic rings. The van der Waals surface area contributed by atoms with E-state index in [0.717, 1.165) is 16.2 Å². The van der Waals surface area contributed by atoms with Gasteiger partial charge >= 0.3 is 0 Å². The standard InChI is InChI=1S/C15H10Cl2N4O2S2/c1-23-12-10(5-8(16)6-11(12)17)13(22)19-15-21-20-14(25-15)18-7-9-3-2-4-24-9/h2-7H,1H3,(H,19,21,22). The fraction of sp³-hybridized carbons (Fsp3) is 0.0667. The maximum atomic E-state index is 12.4. The summed E-state index contributed by atoms with van der Waals surface area (Å²) in [4.78, 5) is 17.7. The van der Waals surface area contributed by atoms with Gasteiger partial charge in [-0.05, 0) is 23.6 Å². The number of carbonyl (C=O) groups excluding carboxylic acids is 1. The summed E-state index contributed by atoms with van der Waals surface area (Å²) in [7, 11) is 1.42. The van der Waals surface area contributed by atoms with Crippen molar-refractivity contribution in [2.75, 3.05) is 12.4 Å². The lowest BCUT2D eigenvalue weighted by molar-refractivity contribution is 0.102. The summed E-state index contributed by atoms with van der Waals surface area (Å²) in [6.45, 7) is 0. The number of hydrogen-bond donors (Lipinski definition) is 1. The number of carbonyl (C=O) groups is 1. The number of aliphatic imine (C=N–C) groups is 1. The van der Waals surface area contributed by atoms with Crippen LogP contribution in [-0.2, 0) is 0 Å². The van der Waals surface area contributed by atoms with Crippen molar-refractivity contribution in [1.82, 2.24) is 10.2 Å². The minimum atomic E-state index is -0.453. The number of benzene rings is 1. The number of aromatic nitrogens is 2. The van der Waals surface area contributed by atoms with Crippen LogP contribution in [0, 0.1) is 0 Å². The number of halogens is 2. The Kier molecular flexibility index (Phi) is 5.64. The topological polar surface area (TPSA) is 76.5 Å². The Bertz CT molecular complexity index is 926. The molecule has 3 rings (SSSR count). The first kappa shape index (κ1) is 17.8.